The zero-order chi connectivity index (χ0) is 16.4. The zero-order valence-corrected chi connectivity index (χ0v) is 14.7. The van der Waals surface area contributed by atoms with E-state index in [-0.39, 0.29) is 0 Å². The van der Waals surface area contributed by atoms with Gasteiger partial charge in [-0.1, -0.05) is 54.1 Å². The van der Waals surface area contributed by atoms with Gasteiger partial charge in [-0.2, -0.15) is 0 Å². The molecule has 4 rings (SSSR count). The molecule has 2 heteroatoms. The Morgan fingerprint density at radius 2 is 1.96 bits per heavy atom. The van der Waals surface area contributed by atoms with Crippen molar-refractivity contribution in [1.82, 2.24) is 10.2 Å². The van der Waals surface area contributed by atoms with E-state index in [4.69, 9.17) is 0 Å². The Balaban J connectivity index is 1.38. The van der Waals surface area contributed by atoms with Gasteiger partial charge in [-0.3, -0.25) is 4.90 Å². The van der Waals surface area contributed by atoms with Crippen LogP contribution in [0.2, 0.25) is 0 Å². The molecule has 1 heterocycles. The van der Waals surface area contributed by atoms with Crippen molar-refractivity contribution >= 4 is 0 Å². The molecule has 1 aliphatic heterocycles. The van der Waals surface area contributed by atoms with E-state index in [1.807, 2.05) is 0 Å². The van der Waals surface area contributed by atoms with Gasteiger partial charge in [0.15, 0.2) is 0 Å². The number of likely N-dealkylation sites (tertiary alicyclic amines) is 1. The van der Waals surface area contributed by atoms with Crippen molar-refractivity contribution in [3.8, 4) is 0 Å². The minimum absolute atomic E-state index is 0.557. The van der Waals surface area contributed by atoms with Crippen LogP contribution in [0.3, 0.4) is 0 Å². The molecule has 2 aromatic rings. The average molecular weight is 320 g/mol. The van der Waals surface area contributed by atoms with Crippen molar-refractivity contribution < 1.29 is 0 Å². The second kappa shape index (κ2) is 7.08. The maximum Gasteiger partial charge on any atom is 0.0329 e. The number of benzene rings is 2. The normalized spacial score (nSPS) is 24.0. The number of hydrogen-bond donors (Lipinski definition) is 1. The van der Waals surface area contributed by atoms with Crippen molar-refractivity contribution in [3.05, 3.63) is 70.8 Å². The predicted octanol–water partition coefficient (Wildman–Crippen LogP) is 4.24. The molecule has 1 aliphatic carbocycles. The summed E-state index contributed by atoms with van der Waals surface area (Å²) in [5.41, 5.74) is 5.92. The van der Waals surface area contributed by atoms with E-state index in [9.17, 15) is 0 Å². The molecular formula is C22H28N2. The molecule has 1 saturated heterocycles. The highest BCUT2D eigenvalue weighted by Gasteiger charge is 2.27. The SMILES string of the molecule is Cc1ccc2c(c1)C(NC1CCCN(Cc3ccccc3)C1)CC2. The molecule has 0 aromatic heterocycles. The molecule has 1 fully saturated rings. The lowest BCUT2D eigenvalue weighted by Gasteiger charge is -2.35. The lowest BCUT2D eigenvalue weighted by atomic mass is 10.0. The first-order valence-electron chi connectivity index (χ1n) is 9.40. The smallest absolute Gasteiger partial charge is 0.0329 e. The molecule has 0 saturated carbocycles. The standard InChI is InChI=1S/C22H28N2/c1-17-9-10-19-11-12-22(21(19)14-17)23-20-8-5-13-24(16-20)15-18-6-3-2-4-7-18/h2-4,6-7,9-10,14,20,22-23H,5,8,11-13,15-16H2,1H3. The zero-order valence-electron chi connectivity index (χ0n) is 14.7. The third-order valence-electron chi connectivity index (χ3n) is 5.57. The van der Waals surface area contributed by atoms with Crippen molar-refractivity contribution in [3.63, 3.8) is 0 Å². The fourth-order valence-electron chi connectivity index (χ4n) is 4.36. The lowest BCUT2D eigenvalue weighted by Crippen LogP contribution is -2.46. The van der Waals surface area contributed by atoms with E-state index >= 15 is 0 Å². The Bertz CT molecular complexity index is 680. The van der Waals surface area contributed by atoms with E-state index in [1.54, 1.807) is 11.1 Å². The van der Waals surface area contributed by atoms with E-state index in [2.05, 4.69) is 65.7 Å². The largest absolute Gasteiger partial charge is 0.306 e. The molecule has 126 valence electrons. The summed E-state index contributed by atoms with van der Waals surface area (Å²) in [6.45, 7) is 5.69. The van der Waals surface area contributed by atoms with E-state index < -0.39 is 0 Å². The molecule has 2 aromatic carbocycles. The summed E-state index contributed by atoms with van der Waals surface area (Å²) in [7, 11) is 0. The quantitative estimate of drug-likeness (QED) is 0.906. The monoisotopic (exact) mass is 320 g/mol. The number of piperidine rings is 1. The van der Waals surface area contributed by atoms with Crippen LogP contribution in [-0.2, 0) is 13.0 Å². The fraction of sp³-hybridized carbons (Fsp3) is 0.455. The van der Waals surface area contributed by atoms with Gasteiger partial charge in [-0.25, -0.2) is 0 Å². The summed E-state index contributed by atoms with van der Waals surface area (Å²) < 4.78 is 0. The highest BCUT2D eigenvalue weighted by atomic mass is 15.2. The summed E-state index contributed by atoms with van der Waals surface area (Å²) in [6.07, 6.45) is 5.10. The van der Waals surface area contributed by atoms with Gasteiger partial charge in [-0.15, -0.1) is 0 Å². The fourth-order valence-corrected chi connectivity index (χ4v) is 4.36. The third kappa shape index (κ3) is 3.55. The first-order valence-corrected chi connectivity index (χ1v) is 9.40. The molecule has 1 N–H and O–H groups in total. The maximum atomic E-state index is 3.98. The average Bonchev–Trinajstić information content (AvgIpc) is 2.98. The van der Waals surface area contributed by atoms with Crippen LogP contribution in [0.4, 0.5) is 0 Å². The van der Waals surface area contributed by atoms with Crippen molar-refractivity contribution in [2.24, 2.45) is 0 Å². The molecule has 0 amide bonds. The predicted molar refractivity (Wildman–Crippen MR) is 100 cm³/mol. The molecule has 24 heavy (non-hydrogen) atoms. The Kier molecular flexibility index (Phi) is 4.68. The van der Waals surface area contributed by atoms with Gasteiger partial charge in [0.05, 0.1) is 0 Å². The van der Waals surface area contributed by atoms with Gasteiger partial charge >= 0.3 is 0 Å². The number of aryl methyl sites for hydroxylation is 2. The van der Waals surface area contributed by atoms with Crippen LogP contribution in [0.25, 0.3) is 0 Å². The summed E-state index contributed by atoms with van der Waals surface area (Å²) in [6, 6.07) is 19.0. The van der Waals surface area contributed by atoms with Crippen LogP contribution in [-0.4, -0.2) is 24.0 Å². The second-order valence-electron chi connectivity index (χ2n) is 7.52. The number of nitrogens with one attached hydrogen (secondary N) is 1. The van der Waals surface area contributed by atoms with Gasteiger partial charge in [0, 0.05) is 25.2 Å². The van der Waals surface area contributed by atoms with Crippen molar-refractivity contribution in [2.75, 3.05) is 13.1 Å². The summed E-state index contributed by atoms with van der Waals surface area (Å²) in [5.74, 6) is 0. The summed E-state index contributed by atoms with van der Waals surface area (Å²) in [4.78, 5) is 2.61. The highest BCUT2D eigenvalue weighted by Crippen LogP contribution is 2.32. The molecule has 2 aliphatic rings. The van der Waals surface area contributed by atoms with Crippen molar-refractivity contribution in [1.29, 1.82) is 0 Å². The summed E-state index contributed by atoms with van der Waals surface area (Å²) in [5, 5.41) is 3.98. The van der Waals surface area contributed by atoms with Crippen LogP contribution in [0.15, 0.2) is 48.5 Å². The third-order valence-corrected chi connectivity index (χ3v) is 5.57. The molecule has 2 nitrogen and oxygen atoms in total. The second-order valence-corrected chi connectivity index (χ2v) is 7.52. The van der Waals surface area contributed by atoms with Crippen LogP contribution in [0.1, 0.15) is 47.6 Å². The first kappa shape index (κ1) is 15.9. The van der Waals surface area contributed by atoms with Crippen LogP contribution >= 0.6 is 0 Å². The van der Waals surface area contributed by atoms with E-state index in [1.165, 1.54) is 49.9 Å². The van der Waals surface area contributed by atoms with Gasteiger partial charge < -0.3 is 5.32 Å². The number of fused-ring (bicyclic) bond motifs is 1. The van der Waals surface area contributed by atoms with Crippen molar-refractivity contribution in [2.45, 2.75) is 51.2 Å². The summed E-state index contributed by atoms with van der Waals surface area (Å²) >= 11 is 0. The van der Waals surface area contributed by atoms with E-state index in [0.717, 1.165) is 6.54 Å². The topological polar surface area (TPSA) is 15.3 Å². The van der Waals surface area contributed by atoms with Crippen LogP contribution in [0.5, 0.6) is 0 Å². The molecule has 2 atom stereocenters. The molecular weight excluding hydrogens is 292 g/mol. The molecule has 0 spiro atoms. The Labute approximate surface area is 145 Å². The van der Waals surface area contributed by atoms with Gasteiger partial charge in [0.2, 0.25) is 0 Å². The Hall–Kier alpha value is -1.64. The lowest BCUT2D eigenvalue weighted by molar-refractivity contribution is 0.175. The number of nitrogens with zero attached hydrogens (tertiary/aromatic N) is 1. The molecule has 2 unspecified atom stereocenters. The first-order chi connectivity index (χ1) is 11.8. The maximum absolute atomic E-state index is 3.98. The Morgan fingerprint density at radius 1 is 1.08 bits per heavy atom. The molecule has 0 bridgehead atoms. The molecule has 0 radical (unpaired) electrons. The minimum Gasteiger partial charge on any atom is -0.306 e. The van der Waals surface area contributed by atoms with Gasteiger partial charge in [0.25, 0.3) is 0 Å². The van der Waals surface area contributed by atoms with Crippen LogP contribution in [0, 0.1) is 6.92 Å². The minimum atomic E-state index is 0.557. The highest BCUT2D eigenvalue weighted by molar-refractivity contribution is 5.37. The van der Waals surface area contributed by atoms with Gasteiger partial charge in [-0.05, 0) is 55.8 Å². The van der Waals surface area contributed by atoms with E-state index in [0.29, 0.717) is 12.1 Å². The van der Waals surface area contributed by atoms with Crippen LogP contribution < -0.4 is 5.32 Å². The Morgan fingerprint density at radius 3 is 2.83 bits per heavy atom. The number of rotatable bonds is 4. The van der Waals surface area contributed by atoms with Gasteiger partial charge in [0.1, 0.15) is 0 Å². The number of hydrogen-bond acceptors (Lipinski definition) is 2.